The first-order valence-electron chi connectivity index (χ1n) is 4.57. The molecule has 0 aliphatic heterocycles. The van der Waals surface area contributed by atoms with Gasteiger partial charge in [0, 0.05) is 18.7 Å². The number of benzene rings is 1. The van der Waals surface area contributed by atoms with Crippen LogP contribution in [-0.4, -0.2) is 29.5 Å². The molecule has 1 unspecified atom stereocenters. The summed E-state index contributed by atoms with van der Waals surface area (Å²) in [6.45, 7) is -0.119. The topological polar surface area (TPSA) is 52.5 Å². The number of aliphatic hydroxyl groups excluding tert-OH is 2. The monoisotopic (exact) mass is 217 g/mol. The van der Waals surface area contributed by atoms with E-state index in [4.69, 9.17) is 10.2 Å². The largest absolute Gasteiger partial charge is 0.394 e. The van der Waals surface area contributed by atoms with Crippen LogP contribution in [0.1, 0.15) is 5.56 Å². The molecular formula is C10H13F2NO2. The van der Waals surface area contributed by atoms with E-state index in [0.717, 1.165) is 6.07 Å². The highest BCUT2D eigenvalue weighted by Gasteiger charge is 2.07. The minimum absolute atomic E-state index is 0.112. The van der Waals surface area contributed by atoms with Crippen molar-refractivity contribution in [1.82, 2.24) is 5.32 Å². The second kappa shape index (κ2) is 5.75. The van der Waals surface area contributed by atoms with Crippen LogP contribution in [0.25, 0.3) is 0 Å². The Labute approximate surface area is 86.4 Å². The van der Waals surface area contributed by atoms with Gasteiger partial charge in [-0.3, -0.25) is 0 Å². The molecule has 0 saturated carbocycles. The highest BCUT2D eigenvalue weighted by molar-refractivity contribution is 5.18. The summed E-state index contributed by atoms with van der Waals surface area (Å²) in [5.74, 6) is -1.78. The Balaban J connectivity index is 2.47. The molecule has 1 rings (SSSR count). The van der Waals surface area contributed by atoms with Crippen molar-refractivity contribution >= 4 is 0 Å². The van der Waals surface area contributed by atoms with Crippen LogP contribution >= 0.6 is 0 Å². The Bertz CT molecular complexity index is 320. The molecule has 0 fully saturated rings. The van der Waals surface area contributed by atoms with Crippen LogP contribution < -0.4 is 5.32 Å². The predicted molar refractivity (Wildman–Crippen MR) is 51.2 cm³/mol. The maximum Gasteiger partial charge on any atom is 0.163 e. The molecule has 84 valence electrons. The molecule has 0 heterocycles. The molecule has 1 aromatic carbocycles. The van der Waals surface area contributed by atoms with Gasteiger partial charge in [-0.1, -0.05) is 12.1 Å². The van der Waals surface area contributed by atoms with Crippen LogP contribution in [0.3, 0.4) is 0 Å². The van der Waals surface area contributed by atoms with E-state index in [9.17, 15) is 8.78 Å². The molecule has 0 aromatic heterocycles. The lowest BCUT2D eigenvalue weighted by atomic mass is 10.2. The van der Waals surface area contributed by atoms with E-state index in [2.05, 4.69) is 5.32 Å². The van der Waals surface area contributed by atoms with Crippen LogP contribution in [0.15, 0.2) is 18.2 Å². The Kier molecular flexibility index (Phi) is 4.61. The fourth-order valence-corrected chi connectivity index (χ4v) is 1.12. The Morgan fingerprint density at radius 2 is 2.07 bits per heavy atom. The van der Waals surface area contributed by atoms with Crippen molar-refractivity contribution in [1.29, 1.82) is 0 Å². The lowest BCUT2D eigenvalue weighted by Crippen LogP contribution is -2.29. The lowest BCUT2D eigenvalue weighted by molar-refractivity contribution is 0.0941. The normalized spacial score (nSPS) is 12.8. The zero-order valence-electron chi connectivity index (χ0n) is 8.08. The Morgan fingerprint density at radius 3 is 2.73 bits per heavy atom. The van der Waals surface area contributed by atoms with Gasteiger partial charge >= 0.3 is 0 Å². The number of rotatable bonds is 5. The summed E-state index contributed by atoms with van der Waals surface area (Å²) in [4.78, 5) is 0. The summed E-state index contributed by atoms with van der Waals surface area (Å²) >= 11 is 0. The van der Waals surface area contributed by atoms with Crippen molar-refractivity contribution in [3.05, 3.63) is 35.4 Å². The summed E-state index contributed by atoms with van der Waals surface area (Å²) in [6.07, 6.45) is -0.887. The fourth-order valence-electron chi connectivity index (χ4n) is 1.12. The number of aliphatic hydroxyl groups is 2. The van der Waals surface area contributed by atoms with Crippen molar-refractivity contribution < 1.29 is 19.0 Å². The van der Waals surface area contributed by atoms with Gasteiger partial charge in [0.25, 0.3) is 0 Å². The van der Waals surface area contributed by atoms with Crippen molar-refractivity contribution in [2.24, 2.45) is 0 Å². The molecule has 0 saturated heterocycles. The molecule has 3 N–H and O–H groups in total. The third kappa shape index (κ3) is 3.54. The van der Waals surface area contributed by atoms with Gasteiger partial charge in [-0.15, -0.1) is 0 Å². The summed E-state index contributed by atoms with van der Waals surface area (Å²) in [5, 5.41) is 20.2. The van der Waals surface area contributed by atoms with Crippen molar-refractivity contribution in [3.8, 4) is 0 Å². The maximum absolute atomic E-state index is 13.1. The van der Waals surface area contributed by atoms with E-state index < -0.39 is 17.7 Å². The molecule has 0 radical (unpaired) electrons. The molecule has 0 amide bonds. The summed E-state index contributed by atoms with van der Waals surface area (Å²) in [5.41, 5.74) is 0.195. The summed E-state index contributed by atoms with van der Waals surface area (Å²) in [7, 11) is 0. The zero-order valence-corrected chi connectivity index (χ0v) is 8.08. The fraction of sp³-hybridized carbons (Fsp3) is 0.400. The lowest BCUT2D eigenvalue weighted by Gasteiger charge is -2.09. The van der Waals surface area contributed by atoms with Crippen LogP contribution in [0.5, 0.6) is 0 Å². The van der Waals surface area contributed by atoms with E-state index in [1.807, 2.05) is 0 Å². The first-order valence-corrected chi connectivity index (χ1v) is 4.57. The first-order chi connectivity index (χ1) is 7.15. The van der Waals surface area contributed by atoms with Crippen molar-refractivity contribution in [2.75, 3.05) is 13.2 Å². The smallest absolute Gasteiger partial charge is 0.163 e. The third-order valence-corrected chi connectivity index (χ3v) is 1.94. The first kappa shape index (κ1) is 12.0. The molecule has 5 heteroatoms. The quantitative estimate of drug-likeness (QED) is 0.669. The highest BCUT2D eigenvalue weighted by Crippen LogP contribution is 2.10. The second-order valence-corrected chi connectivity index (χ2v) is 3.18. The average molecular weight is 217 g/mol. The number of nitrogens with one attached hydrogen (secondary N) is 1. The van der Waals surface area contributed by atoms with E-state index >= 15 is 0 Å². The van der Waals surface area contributed by atoms with Gasteiger partial charge in [-0.2, -0.15) is 0 Å². The minimum atomic E-state index is -0.892. The predicted octanol–water partition coefficient (Wildman–Crippen LogP) is 0.408. The molecular weight excluding hydrogens is 204 g/mol. The van der Waals surface area contributed by atoms with Crippen molar-refractivity contribution in [3.63, 3.8) is 0 Å². The van der Waals surface area contributed by atoms with Gasteiger partial charge in [0.05, 0.1) is 12.7 Å². The van der Waals surface area contributed by atoms with Crippen LogP contribution in [0, 0.1) is 11.6 Å². The number of halogens is 2. The standard InChI is InChI=1S/C10H13F2NO2/c11-9-3-1-2-7(10(9)12)4-13-5-8(15)6-14/h1-3,8,13-15H,4-6H2. The molecule has 15 heavy (non-hydrogen) atoms. The van der Waals surface area contributed by atoms with Gasteiger partial charge in [0.2, 0.25) is 0 Å². The third-order valence-electron chi connectivity index (χ3n) is 1.94. The second-order valence-electron chi connectivity index (χ2n) is 3.18. The van der Waals surface area contributed by atoms with Crippen LogP contribution in [0.4, 0.5) is 8.78 Å². The minimum Gasteiger partial charge on any atom is -0.394 e. The van der Waals surface area contributed by atoms with Gasteiger partial charge < -0.3 is 15.5 Å². The zero-order chi connectivity index (χ0) is 11.3. The van der Waals surface area contributed by atoms with E-state index in [0.29, 0.717) is 0 Å². The average Bonchev–Trinajstić information content (AvgIpc) is 2.24. The van der Waals surface area contributed by atoms with E-state index in [1.165, 1.54) is 12.1 Å². The van der Waals surface area contributed by atoms with Gasteiger partial charge in [-0.05, 0) is 6.07 Å². The Hall–Kier alpha value is -1.04. The number of hydrogen-bond acceptors (Lipinski definition) is 3. The Morgan fingerprint density at radius 1 is 1.33 bits per heavy atom. The van der Waals surface area contributed by atoms with Crippen LogP contribution in [0.2, 0.25) is 0 Å². The molecule has 0 aliphatic rings. The molecule has 0 aliphatic carbocycles. The van der Waals surface area contributed by atoms with Crippen LogP contribution in [-0.2, 0) is 6.54 Å². The number of hydrogen-bond donors (Lipinski definition) is 3. The molecule has 1 aromatic rings. The molecule has 0 spiro atoms. The highest BCUT2D eigenvalue weighted by atomic mass is 19.2. The van der Waals surface area contributed by atoms with E-state index in [1.54, 1.807) is 0 Å². The van der Waals surface area contributed by atoms with Gasteiger partial charge in [0.15, 0.2) is 11.6 Å². The maximum atomic E-state index is 13.1. The molecule has 0 bridgehead atoms. The SMILES string of the molecule is OCC(O)CNCc1cccc(F)c1F. The van der Waals surface area contributed by atoms with Gasteiger partial charge in [0.1, 0.15) is 0 Å². The molecule has 3 nitrogen and oxygen atoms in total. The van der Waals surface area contributed by atoms with E-state index in [-0.39, 0.29) is 25.3 Å². The summed E-state index contributed by atoms with van der Waals surface area (Å²) in [6, 6.07) is 3.91. The summed E-state index contributed by atoms with van der Waals surface area (Å²) < 4.78 is 25.8. The molecule has 1 atom stereocenters. The van der Waals surface area contributed by atoms with Gasteiger partial charge in [-0.25, -0.2) is 8.78 Å². The van der Waals surface area contributed by atoms with Crippen molar-refractivity contribution in [2.45, 2.75) is 12.6 Å².